The summed E-state index contributed by atoms with van der Waals surface area (Å²) in [5.74, 6) is -1.09. The van der Waals surface area contributed by atoms with Crippen molar-refractivity contribution in [3.63, 3.8) is 0 Å². The van der Waals surface area contributed by atoms with Gasteiger partial charge in [-0.05, 0) is 12.0 Å². The summed E-state index contributed by atoms with van der Waals surface area (Å²) >= 11 is 0. The summed E-state index contributed by atoms with van der Waals surface area (Å²) < 4.78 is 9.38. The maximum absolute atomic E-state index is 11.7. The van der Waals surface area contributed by atoms with Gasteiger partial charge in [-0.25, -0.2) is 9.69 Å². The van der Waals surface area contributed by atoms with Gasteiger partial charge in [0.1, 0.15) is 12.9 Å². The first-order valence-electron chi connectivity index (χ1n) is 8.91. The van der Waals surface area contributed by atoms with E-state index in [1.54, 1.807) is 20.8 Å². The number of rotatable bonds is 6. The zero-order chi connectivity index (χ0) is 20.4. The molecule has 1 aromatic carbocycles. The molecular formula is C20H27NO6. The van der Waals surface area contributed by atoms with Crippen LogP contribution in [0.1, 0.15) is 32.8 Å². The molecule has 2 rings (SSSR count). The zero-order valence-electron chi connectivity index (χ0n) is 16.2. The summed E-state index contributed by atoms with van der Waals surface area (Å²) in [4.78, 5) is 45.2. The van der Waals surface area contributed by atoms with Crippen molar-refractivity contribution in [3.05, 3.63) is 35.9 Å². The number of nitrogens with zero attached hydrogens (tertiary/aromatic N) is 1. The Hall–Kier alpha value is -2.70. The highest BCUT2D eigenvalue weighted by Crippen LogP contribution is 2.18. The molecule has 1 aliphatic rings. The molecule has 0 saturated carbocycles. The highest BCUT2D eigenvalue weighted by atomic mass is 16.6. The molecule has 1 fully saturated rings. The van der Waals surface area contributed by atoms with E-state index in [-0.39, 0.29) is 29.8 Å². The van der Waals surface area contributed by atoms with Gasteiger partial charge in [0, 0.05) is 12.3 Å². The first kappa shape index (κ1) is 22.3. The molecule has 148 valence electrons. The predicted molar refractivity (Wildman–Crippen MR) is 98.8 cm³/mol. The van der Waals surface area contributed by atoms with E-state index >= 15 is 0 Å². The van der Waals surface area contributed by atoms with Gasteiger partial charge in [-0.1, -0.05) is 51.1 Å². The van der Waals surface area contributed by atoms with Crippen LogP contribution < -0.4 is 0 Å². The minimum absolute atomic E-state index is 0.169. The maximum atomic E-state index is 11.7. The Kier molecular flexibility index (Phi) is 9.19. The number of ether oxygens (including phenoxy) is 2. The Morgan fingerprint density at radius 1 is 1.30 bits per heavy atom. The van der Waals surface area contributed by atoms with Crippen LogP contribution in [0.15, 0.2) is 30.3 Å². The van der Waals surface area contributed by atoms with Crippen molar-refractivity contribution in [3.8, 4) is 0 Å². The van der Waals surface area contributed by atoms with Crippen LogP contribution in [0.5, 0.6) is 0 Å². The highest BCUT2D eigenvalue weighted by molar-refractivity contribution is 5.93. The van der Waals surface area contributed by atoms with E-state index in [1.807, 2.05) is 30.3 Å². The molecular weight excluding hydrogens is 350 g/mol. The maximum Gasteiger partial charge on any atom is 0.416 e. The summed E-state index contributed by atoms with van der Waals surface area (Å²) in [7, 11) is 1.32. The van der Waals surface area contributed by atoms with Gasteiger partial charge in [0.25, 0.3) is 0 Å². The van der Waals surface area contributed by atoms with E-state index in [4.69, 9.17) is 4.74 Å². The molecule has 3 atom stereocenters. The molecule has 7 heteroatoms. The highest BCUT2D eigenvalue weighted by Gasteiger charge is 2.36. The van der Waals surface area contributed by atoms with Crippen molar-refractivity contribution < 1.29 is 28.7 Å². The van der Waals surface area contributed by atoms with Gasteiger partial charge in [-0.15, -0.1) is 0 Å². The fourth-order valence-corrected chi connectivity index (χ4v) is 2.49. The Morgan fingerprint density at radius 3 is 2.44 bits per heavy atom. The number of aldehydes is 1. The van der Waals surface area contributed by atoms with Crippen LogP contribution in [0.2, 0.25) is 0 Å². The van der Waals surface area contributed by atoms with Crippen LogP contribution in [0.3, 0.4) is 0 Å². The van der Waals surface area contributed by atoms with Gasteiger partial charge in [0.05, 0.1) is 19.1 Å². The molecule has 0 spiro atoms. The van der Waals surface area contributed by atoms with E-state index in [9.17, 15) is 19.2 Å². The second-order valence-corrected chi connectivity index (χ2v) is 6.34. The Labute approximate surface area is 159 Å². The fourth-order valence-electron chi connectivity index (χ4n) is 2.49. The van der Waals surface area contributed by atoms with E-state index in [0.717, 1.165) is 11.8 Å². The molecule has 1 saturated heterocycles. The van der Waals surface area contributed by atoms with Crippen molar-refractivity contribution in [1.29, 1.82) is 0 Å². The number of methoxy groups -OCH3 is 1. The lowest BCUT2D eigenvalue weighted by atomic mass is 9.98. The van der Waals surface area contributed by atoms with Crippen LogP contribution in [0.25, 0.3) is 0 Å². The van der Waals surface area contributed by atoms with E-state index in [2.05, 4.69) is 4.74 Å². The third-order valence-electron chi connectivity index (χ3n) is 4.42. The van der Waals surface area contributed by atoms with Crippen LogP contribution in [0, 0.1) is 11.8 Å². The number of cyclic esters (lactones) is 1. The molecule has 7 nitrogen and oxygen atoms in total. The molecule has 0 N–H and O–H groups in total. The zero-order valence-corrected chi connectivity index (χ0v) is 16.2. The number of amides is 2. The first-order valence-corrected chi connectivity index (χ1v) is 8.91. The normalized spacial score (nSPS) is 17.9. The number of hydrogen-bond acceptors (Lipinski definition) is 6. The average Bonchev–Trinajstić information content (AvgIpc) is 3.06. The first-order chi connectivity index (χ1) is 12.8. The van der Waals surface area contributed by atoms with Gasteiger partial charge < -0.3 is 14.3 Å². The van der Waals surface area contributed by atoms with Crippen molar-refractivity contribution >= 4 is 24.3 Å². The number of carbonyl (C=O) groups excluding carboxylic acids is 4. The van der Waals surface area contributed by atoms with Crippen molar-refractivity contribution in [1.82, 2.24) is 4.90 Å². The van der Waals surface area contributed by atoms with Crippen LogP contribution >= 0.6 is 0 Å². The van der Waals surface area contributed by atoms with Gasteiger partial charge >= 0.3 is 12.1 Å². The molecule has 0 aliphatic carbocycles. The summed E-state index contributed by atoms with van der Waals surface area (Å²) in [6.07, 6.45) is 1.21. The molecule has 0 aromatic heterocycles. The standard InChI is InChI=1S/C13H15NO3.C7H12O3/c1-2-12(15)14-11(9-17-13(14)16)8-10-6-4-3-5-7-10;1-5(4-8)6(2)7(9)10-3/h3-7,11H,2,8-9H2,1H3;4-6H,1-3H3/t11-;5-,6+/m00/s1. The summed E-state index contributed by atoms with van der Waals surface area (Å²) in [5.41, 5.74) is 1.10. The average molecular weight is 377 g/mol. The Bertz CT molecular complexity index is 645. The van der Waals surface area contributed by atoms with Crippen molar-refractivity contribution in [2.75, 3.05) is 13.7 Å². The lowest BCUT2D eigenvalue weighted by molar-refractivity contribution is -0.147. The number of hydrogen-bond donors (Lipinski definition) is 0. The topological polar surface area (TPSA) is 90.0 Å². The predicted octanol–water partition coefficient (Wildman–Crippen LogP) is 2.62. The molecule has 1 aromatic rings. The number of carbonyl (C=O) groups is 4. The SMILES string of the molecule is CCC(=O)N1C(=O)OC[C@@H]1Cc1ccccc1.COC(=O)[C@H](C)[C@@H](C)C=O. The molecule has 1 aliphatic heterocycles. The Morgan fingerprint density at radius 2 is 1.93 bits per heavy atom. The summed E-state index contributed by atoms with van der Waals surface area (Å²) in [5, 5.41) is 0. The van der Waals surface area contributed by atoms with Crippen LogP contribution in [-0.4, -0.2) is 48.9 Å². The lowest BCUT2D eigenvalue weighted by Gasteiger charge is -2.18. The third-order valence-corrected chi connectivity index (χ3v) is 4.42. The van der Waals surface area contributed by atoms with E-state index < -0.39 is 6.09 Å². The molecule has 0 bridgehead atoms. The second kappa shape index (κ2) is 11.1. The van der Waals surface area contributed by atoms with Gasteiger partial charge in [-0.3, -0.25) is 9.59 Å². The molecule has 0 unspecified atom stereocenters. The lowest BCUT2D eigenvalue weighted by Crippen LogP contribution is -2.39. The number of imide groups is 1. The summed E-state index contributed by atoms with van der Waals surface area (Å²) in [6, 6.07) is 9.62. The minimum atomic E-state index is -0.516. The largest absolute Gasteiger partial charge is 0.469 e. The molecule has 2 amide bonds. The monoisotopic (exact) mass is 377 g/mol. The number of benzene rings is 1. The van der Waals surface area contributed by atoms with Crippen LogP contribution in [-0.2, 0) is 30.3 Å². The van der Waals surface area contributed by atoms with Crippen molar-refractivity contribution in [2.45, 2.75) is 39.7 Å². The van der Waals surface area contributed by atoms with Crippen molar-refractivity contribution in [2.24, 2.45) is 11.8 Å². The third kappa shape index (κ3) is 6.51. The minimum Gasteiger partial charge on any atom is -0.469 e. The van der Waals surface area contributed by atoms with Crippen LogP contribution in [0.4, 0.5) is 4.79 Å². The Balaban J connectivity index is 0.000000314. The quantitative estimate of drug-likeness (QED) is 0.559. The van der Waals surface area contributed by atoms with E-state index in [0.29, 0.717) is 19.4 Å². The molecule has 0 radical (unpaired) electrons. The number of esters is 1. The van der Waals surface area contributed by atoms with Gasteiger partial charge in [0.2, 0.25) is 5.91 Å². The molecule has 1 heterocycles. The fraction of sp³-hybridized carbons (Fsp3) is 0.500. The van der Waals surface area contributed by atoms with E-state index in [1.165, 1.54) is 12.0 Å². The molecule has 27 heavy (non-hydrogen) atoms. The second-order valence-electron chi connectivity index (χ2n) is 6.34. The smallest absolute Gasteiger partial charge is 0.416 e. The van der Waals surface area contributed by atoms with Gasteiger partial charge in [0.15, 0.2) is 0 Å². The van der Waals surface area contributed by atoms with Gasteiger partial charge in [-0.2, -0.15) is 0 Å². The summed E-state index contributed by atoms with van der Waals surface area (Å²) in [6.45, 7) is 5.40.